The summed E-state index contributed by atoms with van der Waals surface area (Å²) in [6, 6.07) is 8.64. The average molecular weight is 451 g/mol. The van der Waals surface area contributed by atoms with Gasteiger partial charge in [0.05, 0.1) is 6.61 Å². The van der Waals surface area contributed by atoms with Crippen molar-refractivity contribution in [1.29, 1.82) is 0 Å². The number of ether oxygens (including phenoxy) is 1. The summed E-state index contributed by atoms with van der Waals surface area (Å²) in [6.07, 6.45) is -5.20. The van der Waals surface area contributed by atoms with E-state index in [1.165, 1.54) is 12.1 Å². The number of aliphatic carboxylic acids is 1. The van der Waals surface area contributed by atoms with Crippen LogP contribution in [0.15, 0.2) is 46.9 Å². The number of phenols is 1. The molecular weight excluding hydrogens is 431 g/mol. The lowest BCUT2D eigenvalue weighted by molar-refractivity contribution is -0.179. The molecule has 3 N–H and O–H groups in total. The Bertz CT molecular complexity index is 1120. The fraction of sp³-hybridized carbons (Fsp3) is 0.273. The Labute approximate surface area is 180 Å². The standard InChI is InChI=1S/C22H20F3NO6/c1-2-31-21(30)17-16-13(10-11-26-19(20(28)29)22(23,24)25)14(27)8-9-15(16)32-18(17)12-6-4-3-5-7-12/h3-9,19,26-27H,2,10-11H2,1H3,(H,28,29)/t19-/m1/s1. The number of hydrogen-bond acceptors (Lipinski definition) is 6. The minimum absolute atomic E-state index is 0.0320. The van der Waals surface area contributed by atoms with Crippen LogP contribution in [0.4, 0.5) is 13.2 Å². The summed E-state index contributed by atoms with van der Waals surface area (Å²) in [4.78, 5) is 23.7. The second kappa shape index (κ2) is 9.31. The van der Waals surface area contributed by atoms with Crippen LogP contribution in [0.1, 0.15) is 22.8 Å². The number of nitrogens with one attached hydrogen (secondary N) is 1. The molecule has 0 radical (unpaired) electrons. The highest BCUT2D eigenvalue weighted by atomic mass is 19.4. The fourth-order valence-electron chi connectivity index (χ4n) is 3.38. The molecule has 0 aliphatic carbocycles. The Balaban J connectivity index is 2.07. The maximum absolute atomic E-state index is 12.9. The van der Waals surface area contributed by atoms with Gasteiger partial charge in [0.1, 0.15) is 22.7 Å². The van der Waals surface area contributed by atoms with Gasteiger partial charge in [-0.05, 0) is 25.5 Å². The van der Waals surface area contributed by atoms with Gasteiger partial charge < -0.3 is 19.4 Å². The number of furan rings is 1. The molecule has 1 aromatic heterocycles. The largest absolute Gasteiger partial charge is 0.508 e. The molecule has 0 saturated heterocycles. The summed E-state index contributed by atoms with van der Waals surface area (Å²) < 4.78 is 49.7. The summed E-state index contributed by atoms with van der Waals surface area (Å²) in [5, 5.41) is 21.4. The van der Waals surface area contributed by atoms with Gasteiger partial charge in [0.15, 0.2) is 0 Å². The van der Waals surface area contributed by atoms with Crippen LogP contribution in [0.5, 0.6) is 5.75 Å². The molecule has 0 bridgehead atoms. The maximum Gasteiger partial charge on any atom is 0.414 e. The second-order valence-electron chi connectivity index (χ2n) is 6.85. The normalized spacial score (nSPS) is 12.6. The van der Waals surface area contributed by atoms with E-state index in [2.05, 4.69) is 0 Å². The SMILES string of the molecule is CCOC(=O)c1c(-c2ccccc2)oc2ccc(O)c(CCN[C@H](C(=O)O)C(F)(F)F)c12. The van der Waals surface area contributed by atoms with Crippen molar-refractivity contribution in [2.24, 2.45) is 0 Å². The van der Waals surface area contributed by atoms with Gasteiger partial charge in [-0.1, -0.05) is 30.3 Å². The van der Waals surface area contributed by atoms with E-state index in [1.54, 1.807) is 37.3 Å². The minimum atomic E-state index is -4.99. The van der Waals surface area contributed by atoms with Crippen LogP contribution in [0, 0.1) is 0 Å². The smallest absolute Gasteiger partial charge is 0.414 e. The van der Waals surface area contributed by atoms with E-state index in [0.29, 0.717) is 5.56 Å². The zero-order valence-corrected chi connectivity index (χ0v) is 16.9. The predicted molar refractivity (Wildman–Crippen MR) is 108 cm³/mol. The van der Waals surface area contributed by atoms with Gasteiger partial charge in [-0.2, -0.15) is 13.2 Å². The fourth-order valence-corrected chi connectivity index (χ4v) is 3.38. The van der Waals surface area contributed by atoms with Crippen molar-refractivity contribution in [3.63, 3.8) is 0 Å². The van der Waals surface area contributed by atoms with E-state index in [9.17, 15) is 27.9 Å². The Morgan fingerprint density at radius 2 is 1.84 bits per heavy atom. The second-order valence-corrected chi connectivity index (χ2v) is 6.85. The van der Waals surface area contributed by atoms with Crippen LogP contribution in [0.3, 0.4) is 0 Å². The van der Waals surface area contributed by atoms with Crippen molar-refractivity contribution in [1.82, 2.24) is 5.32 Å². The number of rotatable bonds is 8. The molecule has 10 heteroatoms. The molecule has 32 heavy (non-hydrogen) atoms. The van der Waals surface area contributed by atoms with Gasteiger partial charge >= 0.3 is 18.1 Å². The number of halogens is 3. The van der Waals surface area contributed by atoms with Crippen LogP contribution in [-0.2, 0) is 16.0 Å². The van der Waals surface area contributed by atoms with Gasteiger partial charge in [-0.25, -0.2) is 4.79 Å². The van der Waals surface area contributed by atoms with Crippen LogP contribution in [0.25, 0.3) is 22.3 Å². The first kappa shape index (κ1) is 23.1. The number of fused-ring (bicyclic) bond motifs is 1. The number of esters is 1. The molecule has 0 aliphatic heterocycles. The number of carbonyl (C=O) groups excluding carboxylic acids is 1. The van der Waals surface area contributed by atoms with Gasteiger partial charge in [0, 0.05) is 23.1 Å². The lowest BCUT2D eigenvalue weighted by Crippen LogP contribution is -2.48. The van der Waals surface area contributed by atoms with E-state index < -0.39 is 30.7 Å². The first-order valence-electron chi connectivity index (χ1n) is 9.68. The van der Waals surface area contributed by atoms with Crippen molar-refractivity contribution >= 4 is 22.9 Å². The lowest BCUT2D eigenvalue weighted by Gasteiger charge is -2.17. The van der Waals surface area contributed by atoms with E-state index in [1.807, 2.05) is 5.32 Å². The highest BCUT2D eigenvalue weighted by molar-refractivity contribution is 6.10. The lowest BCUT2D eigenvalue weighted by atomic mass is 9.99. The van der Waals surface area contributed by atoms with Crippen LogP contribution < -0.4 is 5.32 Å². The maximum atomic E-state index is 12.9. The first-order valence-corrected chi connectivity index (χ1v) is 9.68. The monoisotopic (exact) mass is 451 g/mol. The molecule has 170 valence electrons. The number of hydrogen-bond donors (Lipinski definition) is 3. The number of carbonyl (C=O) groups is 2. The van der Waals surface area contributed by atoms with Crippen molar-refractivity contribution in [2.45, 2.75) is 25.6 Å². The number of benzene rings is 2. The molecule has 2 aromatic carbocycles. The molecule has 7 nitrogen and oxygen atoms in total. The molecule has 0 amide bonds. The molecule has 3 aromatic rings. The van der Waals surface area contributed by atoms with Gasteiger partial charge in [-0.3, -0.25) is 10.1 Å². The van der Waals surface area contributed by atoms with Gasteiger partial charge in [0.25, 0.3) is 0 Å². The third-order valence-electron chi connectivity index (χ3n) is 4.75. The molecule has 0 fully saturated rings. The van der Waals surface area contributed by atoms with E-state index in [0.717, 1.165) is 0 Å². The number of carboxylic acid groups (broad SMARTS) is 1. The van der Waals surface area contributed by atoms with Crippen LogP contribution >= 0.6 is 0 Å². The average Bonchev–Trinajstić information content (AvgIpc) is 3.12. The van der Waals surface area contributed by atoms with Crippen LogP contribution in [-0.4, -0.2) is 47.5 Å². The van der Waals surface area contributed by atoms with Crippen molar-refractivity contribution in [3.05, 3.63) is 53.6 Å². The molecule has 0 saturated carbocycles. The van der Waals surface area contributed by atoms with Crippen LogP contribution in [0.2, 0.25) is 0 Å². The highest BCUT2D eigenvalue weighted by Crippen LogP contribution is 2.39. The summed E-state index contributed by atoms with van der Waals surface area (Å²) in [5.41, 5.74) is 0.962. The Morgan fingerprint density at radius 3 is 2.44 bits per heavy atom. The zero-order valence-electron chi connectivity index (χ0n) is 16.9. The quantitative estimate of drug-likeness (QED) is 0.442. The summed E-state index contributed by atoms with van der Waals surface area (Å²) in [5.74, 6) is -2.87. The van der Waals surface area contributed by atoms with Crippen molar-refractivity contribution < 1.29 is 42.1 Å². The Morgan fingerprint density at radius 1 is 1.16 bits per heavy atom. The molecule has 0 unspecified atom stereocenters. The Hall–Kier alpha value is -3.53. The van der Waals surface area contributed by atoms with E-state index in [4.69, 9.17) is 14.3 Å². The highest BCUT2D eigenvalue weighted by Gasteiger charge is 2.44. The van der Waals surface area contributed by atoms with Gasteiger partial charge in [-0.15, -0.1) is 0 Å². The Kier molecular flexibility index (Phi) is 6.73. The van der Waals surface area contributed by atoms with Crippen molar-refractivity contribution in [3.8, 4) is 17.1 Å². The van der Waals surface area contributed by atoms with E-state index >= 15 is 0 Å². The number of phenolic OH excluding ortho intramolecular Hbond substituents is 1. The zero-order chi connectivity index (χ0) is 23.5. The molecule has 0 spiro atoms. The molecule has 1 heterocycles. The minimum Gasteiger partial charge on any atom is -0.508 e. The first-order chi connectivity index (χ1) is 15.1. The predicted octanol–water partition coefficient (Wildman–Crippen LogP) is 4.13. The molecular formula is C22H20F3NO6. The van der Waals surface area contributed by atoms with E-state index in [-0.39, 0.29) is 46.6 Å². The third-order valence-corrected chi connectivity index (χ3v) is 4.75. The molecule has 3 rings (SSSR count). The summed E-state index contributed by atoms with van der Waals surface area (Å²) in [7, 11) is 0. The summed E-state index contributed by atoms with van der Waals surface area (Å²) in [6.45, 7) is 1.26. The topological polar surface area (TPSA) is 109 Å². The number of carboxylic acids is 1. The van der Waals surface area contributed by atoms with Gasteiger partial charge in [0.2, 0.25) is 6.04 Å². The molecule has 1 atom stereocenters. The summed E-state index contributed by atoms with van der Waals surface area (Å²) >= 11 is 0. The number of alkyl halides is 3. The van der Waals surface area contributed by atoms with Crippen molar-refractivity contribution in [2.75, 3.05) is 13.2 Å². The molecule has 0 aliphatic rings. The third kappa shape index (κ3) is 4.70. The number of aromatic hydroxyl groups is 1.